The van der Waals surface area contributed by atoms with E-state index >= 15 is 0 Å². The van der Waals surface area contributed by atoms with E-state index in [0.29, 0.717) is 0 Å². The van der Waals surface area contributed by atoms with Crippen LogP contribution in [0.3, 0.4) is 0 Å². The molecular formula is C15H11Br3N2. The molecule has 0 saturated carbocycles. The summed E-state index contributed by atoms with van der Waals surface area (Å²) in [5.74, 6) is 0. The Kier molecular flexibility index (Phi) is 4.19. The van der Waals surface area contributed by atoms with Gasteiger partial charge >= 0.3 is 0 Å². The van der Waals surface area contributed by atoms with Crippen LogP contribution in [0.25, 0.3) is 10.9 Å². The molecule has 0 fully saturated rings. The Hall–Kier alpha value is -0.780. The van der Waals surface area contributed by atoms with Crippen molar-refractivity contribution in [1.29, 1.82) is 0 Å². The molecule has 3 rings (SSSR count). The van der Waals surface area contributed by atoms with Crippen molar-refractivity contribution in [2.45, 2.75) is 6.54 Å². The molecule has 0 aliphatic heterocycles. The third-order valence-electron chi connectivity index (χ3n) is 3.09. The highest BCUT2D eigenvalue weighted by Gasteiger charge is 2.06. The smallest absolute Gasteiger partial charge is 0.0632 e. The molecule has 0 spiro atoms. The van der Waals surface area contributed by atoms with Crippen LogP contribution in [0.4, 0.5) is 5.69 Å². The minimum atomic E-state index is 0.778. The predicted octanol–water partition coefficient (Wildman–Crippen LogP) is 6.07. The second-order valence-electron chi connectivity index (χ2n) is 4.50. The maximum Gasteiger partial charge on any atom is 0.0632 e. The molecule has 2 N–H and O–H groups in total. The average Bonchev–Trinajstić information content (AvgIpc) is 2.84. The van der Waals surface area contributed by atoms with Gasteiger partial charge in [-0.3, -0.25) is 0 Å². The quantitative estimate of drug-likeness (QED) is 0.490. The third-order valence-corrected chi connectivity index (χ3v) is 4.80. The molecule has 0 aliphatic rings. The number of H-pyrrole nitrogens is 1. The topological polar surface area (TPSA) is 27.8 Å². The molecule has 0 radical (unpaired) electrons. The maximum absolute atomic E-state index is 3.58. The highest BCUT2D eigenvalue weighted by atomic mass is 79.9. The standard InChI is InChI=1S/C15H11Br3N2/c16-11-6-12(17)15(13(18)7-11)20-8-9-1-2-14-10(5-9)3-4-19-14/h1-7,19-20H,8H2. The van der Waals surface area contributed by atoms with Crippen molar-refractivity contribution >= 4 is 64.4 Å². The minimum absolute atomic E-state index is 0.778. The Labute approximate surface area is 142 Å². The van der Waals surface area contributed by atoms with Crippen LogP contribution < -0.4 is 5.32 Å². The summed E-state index contributed by atoms with van der Waals surface area (Å²) in [4.78, 5) is 3.20. The van der Waals surface area contributed by atoms with Crippen molar-refractivity contribution in [3.8, 4) is 0 Å². The Balaban J connectivity index is 1.82. The van der Waals surface area contributed by atoms with Gasteiger partial charge < -0.3 is 10.3 Å². The van der Waals surface area contributed by atoms with Crippen molar-refractivity contribution in [2.75, 3.05) is 5.32 Å². The maximum atomic E-state index is 3.58. The van der Waals surface area contributed by atoms with Gasteiger partial charge in [0, 0.05) is 31.7 Å². The molecule has 3 aromatic rings. The van der Waals surface area contributed by atoms with Crippen LogP contribution in [0.5, 0.6) is 0 Å². The lowest BCUT2D eigenvalue weighted by Crippen LogP contribution is -2.00. The fourth-order valence-corrected chi connectivity index (χ4v) is 4.65. The summed E-state index contributed by atoms with van der Waals surface area (Å²) < 4.78 is 3.10. The molecule has 102 valence electrons. The van der Waals surface area contributed by atoms with Crippen LogP contribution >= 0.6 is 47.8 Å². The SMILES string of the molecule is Brc1cc(Br)c(NCc2ccc3[nH]ccc3c2)c(Br)c1. The average molecular weight is 459 g/mol. The molecule has 1 aromatic heterocycles. The van der Waals surface area contributed by atoms with Crippen LogP contribution in [-0.4, -0.2) is 4.98 Å². The summed E-state index contributed by atoms with van der Waals surface area (Å²) >= 11 is 10.6. The van der Waals surface area contributed by atoms with Gasteiger partial charge in [-0.05, 0) is 73.1 Å². The first-order valence-electron chi connectivity index (χ1n) is 6.08. The van der Waals surface area contributed by atoms with E-state index in [-0.39, 0.29) is 0 Å². The Morgan fingerprint density at radius 1 is 0.950 bits per heavy atom. The summed E-state index contributed by atoms with van der Waals surface area (Å²) in [5, 5.41) is 4.69. The van der Waals surface area contributed by atoms with Crippen LogP contribution in [-0.2, 0) is 6.54 Å². The number of fused-ring (bicyclic) bond motifs is 1. The second kappa shape index (κ2) is 5.92. The van der Waals surface area contributed by atoms with Crippen LogP contribution in [0.2, 0.25) is 0 Å². The molecular weight excluding hydrogens is 448 g/mol. The Morgan fingerprint density at radius 2 is 1.70 bits per heavy atom. The number of anilines is 1. The first kappa shape index (κ1) is 14.2. The van der Waals surface area contributed by atoms with Crippen molar-refractivity contribution < 1.29 is 0 Å². The molecule has 0 unspecified atom stereocenters. The molecule has 2 nitrogen and oxygen atoms in total. The predicted molar refractivity (Wildman–Crippen MR) is 95.2 cm³/mol. The van der Waals surface area contributed by atoms with E-state index in [1.165, 1.54) is 16.5 Å². The fourth-order valence-electron chi connectivity index (χ4n) is 2.11. The number of hydrogen-bond donors (Lipinski definition) is 2. The summed E-state index contributed by atoms with van der Waals surface area (Å²) in [6.07, 6.45) is 1.96. The van der Waals surface area contributed by atoms with E-state index in [1.807, 2.05) is 18.3 Å². The van der Waals surface area contributed by atoms with Gasteiger partial charge in [0.1, 0.15) is 0 Å². The van der Waals surface area contributed by atoms with Gasteiger partial charge in [0.15, 0.2) is 0 Å². The number of nitrogens with one attached hydrogen (secondary N) is 2. The zero-order valence-corrected chi connectivity index (χ0v) is 15.1. The second-order valence-corrected chi connectivity index (χ2v) is 7.12. The first-order valence-corrected chi connectivity index (χ1v) is 8.46. The van der Waals surface area contributed by atoms with Gasteiger partial charge in [-0.15, -0.1) is 0 Å². The van der Waals surface area contributed by atoms with Gasteiger partial charge in [0.25, 0.3) is 0 Å². The highest BCUT2D eigenvalue weighted by molar-refractivity contribution is 9.11. The lowest BCUT2D eigenvalue weighted by molar-refractivity contribution is 1.15. The number of rotatable bonds is 3. The summed E-state index contributed by atoms with van der Waals surface area (Å²) in [6.45, 7) is 0.778. The minimum Gasteiger partial charge on any atom is -0.379 e. The number of aromatic amines is 1. The fraction of sp³-hybridized carbons (Fsp3) is 0.0667. The van der Waals surface area contributed by atoms with Gasteiger partial charge in [0.05, 0.1) is 5.69 Å². The van der Waals surface area contributed by atoms with Crippen LogP contribution in [0, 0.1) is 0 Å². The van der Waals surface area contributed by atoms with E-state index < -0.39 is 0 Å². The monoisotopic (exact) mass is 456 g/mol. The molecule has 0 amide bonds. The van der Waals surface area contributed by atoms with Gasteiger partial charge in [-0.1, -0.05) is 22.0 Å². The largest absolute Gasteiger partial charge is 0.379 e. The van der Waals surface area contributed by atoms with Crippen LogP contribution in [0.1, 0.15) is 5.56 Å². The van der Waals surface area contributed by atoms with Gasteiger partial charge in [-0.25, -0.2) is 0 Å². The molecule has 0 saturated heterocycles. The lowest BCUT2D eigenvalue weighted by atomic mass is 10.1. The van der Waals surface area contributed by atoms with Crippen molar-refractivity contribution in [3.05, 3.63) is 61.6 Å². The highest BCUT2D eigenvalue weighted by Crippen LogP contribution is 2.34. The first-order chi connectivity index (χ1) is 9.63. The van der Waals surface area contributed by atoms with Crippen molar-refractivity contribution in [2.24, 2.45) is 0 Å². The van der Waals surface area contributed by atoms with Crippen molar-refractivity contribution in [3.63, 3.8) is 0 Å². The Bertz CT molecular complexity index is 742. The van der Waals surface area contributed by atoms with E-state index in [2.05, 4.69) is 82.4 Å². The number of benzene rings is 2. The summed E-state index contributed by atoms with van der Waals surface area (Å²) in [7, 11) is 0. The lowest BCUT2D eigenvalue weighted by Gasteiger charge is -2.11. The number of hydrogen-bond acceptors (Lipinski definition) is 1. The summed E-state index contributed by atoms with van der Waals surface area (Å²) in [5.41, 5.74) is 3.47. The van der Waals surface area contributed by atoms with E-state index in [9.17, 15) is 0 Å². The van der Waals surface area contributed by atoms with Crippen LogP contribution in [0.15, 0.2) is 56.0 Å². The Morgan fingerprint density at radius 3 is 2.45 bits per heavy atom. The molecule has 0 atom stereocenters. The van der Waals surface area contributed by atoms with Crippen molar-refractivity contribution in [1.82, 2.24) is 4.98 Å². The zero-order valence-electron chi connectivity index (χ0n) is 10.4. The number of halogens is 3. The zero-order chi connectivity index (χ0) is 14.1. The third kappa shape index (κ3) is 2.95. The molecule has 1 heterocycles. The summed E-state index contributed by atoms with van der Waals surface area (Å²) in [6, 6.07) is 12.6. The normalized spacial score (nSPS) is 10.9. The molecule has 2 aromatic carbocycles. The van der Waals surface area contributed by atoms with E-state index in [1.54, 1.807) is 0 Å². The number of aromatic nitrogens is 1. The van der Waals surface area contributed by atoms with E-state index in [4.69, 9.17) is 0 Å². The molecule has 0 bridgehead atoms. The van der Waals surface area contributed by atoms with Gasteiger partial charge in [-0.2, -0.15) is 0 Å². The molecule has 20 heavy (non-hydrogen) atoms. The van der Waals surface area contributed by atoms with E-state index in [0.717, 1.165) is 25.7 Å². The molecule has 0 aliphatic carbocycles. The van der Waals surface area contributed by atoms with Gasteiger partial charge in [0.2, 0.25) is 0 Å². The molecule has 5 heteroatoms.